The van der Waals surface area contributed by atoms with Crippen molar-refractivity contribution in [3.05, 3.63) is 0 Å². The highest BCUT2D eigenvalue weighted by Gasteiger charge is 1.96. The number of rotatable bonds is 14. The van der Waals surface area contributed by atoms with Gasteiger partial charge in [-0.3, -0.25) is 4.99 Å². The van der Waals surface area contributed by atoms with Crippen LogP contribution in [0.1, 0.15) is 33.1 Å². The Hall–Kier alpha value is -0.850. The Bertz CT molecular complexity index is 238. The van der Waals surface area contributed by atoms with Crippen molar-refractivity contribution in [3.8, 4) is 0 Å². The highest BCUT2D eigenvalue weighted by atomic mass is 16.5. The first-order valence-electron chi connectivity index (χ1n) is 8.02. The normalized spacial score (nSPS) is 11.7. The van der Waals surface area contributed by atoms with Crippen LogP contribution in [0.3, 0.4) is 0 Å². The van der Waals surface area contributed by atoms with Crippen molar-refractivity contribution in [3.63, 3.8) is 0 Å². The van der Waals surface area contributed by atoms with E-state index in [4.69, 9.17) is 14.2 Å². The maximum absolute atomic E-state index is 5.48. The second-order valence-corrected chi connectivity index (χ2v) is 4.55. The zero-order valence-corrected chi connectivity index (χ0v) is 14.0. The molecule has 0 saturated heterocycles. The summed E-state index contributed by atoms with van der Waals surface area (Å²) in [4.78, 5) is 4.15. The molecule has 21 heavy (non-hydrogen) atoms. The van der Waals surface area contributed by atoms with E-state index in [1.165, 1.54) is 6.42 Å². The molecule has 6 nitrogen and oxygen atoms in total. The van der Waals surface area contributed by atoms with Gasteiger partial charge >= 0.3 is 0 Å². The monoisotopic (exact) mass is 303 g/mol. The lowest BCUT2D eigenvalue weighted by molar-refractivity contribution is 0.0487. The minimum atomic E-state index is 0.645. The van der Waals surface area contributed by atoms with E-state index in [1.807, 2.05) is 6.92 Å². The highest BCUT2D eigenvalue weighted by Crippen LogP contribution is 1.87. The smallest absolute Gasteiger partial charge is 0.191 e. The molecule has 0 aliphatic carbocycles. The molecule has 0 amide bonds. The SMILES string of the molecule is CCCCOCCOCCNC(=NC)NCCCOCC. The third-order valence-corrected chi connectivity index (χ3v) is 2.74. The summed E-state index contributed by atoms with van der Waals surface area (Å²) >= 11 is 0. The molecule has 0 spiro atoms. The standard InChI is InChI=1S/C15H33N3O3/c1-4-6-10-20-13-14-21-12-9-18-15(16-3)17-8-7-11-19-5-2/h4-14H2,1-3H3,(H2,16,17,18). The summed E-state index contributed by atoms with van der Waals surface area (Å²) in [7, 11) is 1.76. The third-order valence-electron chi connectivity index (χ3n) is 2.74. The van der Waals surface area contributed by atoms with E-state index in [-0.39, 0.29) is 0 Å². The predicted octanol–water partition coefficient (Wildman–Crippen LogP) is 1.41. The zero-order valence-electron chi connectivity index (χ0n) is 14.0. The molecular weight excluding hydrogens is 270 g/mol. The lowest BCUT2D eigenvalue weighted by Crippen LogP contribution is -2.39. The van der Waals surface area contributed by atoms with Gasteiger partial charge in [0, 0.05) is 40.0 Å². The Kier molecular flexibility index (Phi) is 16.5. The van der Waals surface area contributed by atoms with Crippen molar-refractivity contribution in [1.82, 2.24) is 10.6 Å². The number of hydrogen-bond donors (Lipinski definition) is 2. The van der Waals surface area contributed by atoms with Crippen LogP contribution in [-0.4, -0.2) is 65.7 Å². The summed E-state index contributed by atoms with van der Waals surface area (Å²) in [5.41, 5.74) is 0. The first-order valence-corrected chi connectivity index (χ1v) is 8.02. The summed E-state index contributed by atoms with van der Waals surface area (Å²) in [6.45, 7) is 10.1. The molecule has 0 unspecified atom stereocenters. The van der Waals surface area contributed by atoms with Crippen LogP contribution >= 0.6 is 0 Å². The van der Waals surface area contributed by atoms with Crippen LogP contribution in [0.2, 0.25) is 0 Å². The fraction of sp³-hybridized carbons (Fsp3) is 0.933. The number of nitrogens with one attached hydrogen (secondary N) is 2. The Morgan fingerprint density at radius 2 is 1.48 bits per heavy atom. The van der Waals surface area contributed by atoms with E-state index in [0.717, 1.165) is 51.7 Å². The van der Waals surface area contributed by atoms with Crippen LogP contribution < -0.4 is 10.6 Å². The first kappa shape index (κ1) is 20.1. The number of unbranched alkanes of at least 4 members (excludes halogenated alkanes) is 1. The Morgan fingerprint density at radius 1 is 0.810 bits per heavy atom. The summed E-state index contributed by atoms with van der Waals surface area (Å²) in [6, 6.07) is 0. The molecule has 0 aliphatic rings. The maximum Gasteiger partial charge on any atom is 0.191 e. The largest absolute Gasteiger partial charge is 0.382 e. The fourth-order valence-corrected chi connectivity index (χ4v) is 1.56. The number of guanidine groups is 1. The number of hydrogen-bond acceptors (Lipinski definition) is 4. The van der Waals surface area contributed by atoms with Crippen molar-refractivity contribution in [1.29, 1.82) is 0 Å². The van der Waals surface area contributed by atoms with Crippen molar-refractivity contribution in [2.24, 2.45) is 4.99 Å². The van der Waals surface area contributed by atoms with Gasteiger partial charge in [0.1, 0.15) is 0 Å². The van der Waals surface area contributed by atoms with Crippen LogP contribution in [0.5, 0.6) is 0 Å². The number of nitrogens with zero attached hydrogens (tertiary/aromatic N) is 1. The van der Waals surface area contributed by atoms with Gasteiger partial charge in [-0.25, -0.2) is 0 Å². The van der Waals surface area contributed by atoms with E-state index in [1.54, 1.807) is 7.05 Å². The summed E-state index contributed by atoms with van der Waals surface area (Å²) in [5.74, 6) is 0.800. The summed E-state index contributed by atoms with van der Waals surface area (Å²) in [5, 5.41) is 6.44. The third kappa shape index (κ3) is 15.4. The van der Waals surface area contributed by atoms with Crippen LogP contribution in [0.25, 0.3) is 0 Å². The van der Waals surface area contributed by atoms with Gasteiger partial charge in [-0.15, -0.1) is 0 Å². The van der Waals surface area contributed by atoms with Crippen molar-refractivity contribution in [2.75, 3.05) is 59.8 Å². The molecular formula is C15H33N3O3. The van der Waals surface area contributed by atoms with Crippen molar-refractivity contribution >= 4 is 5.96 Å². The van der Waals surface area contributed by atoms with Crippen LogP contribution in [0.4, 0.5) is 0 Å². The summed E-state index contributed by atoms with van der Waals surface area (Å²) in [6.07, 6.45) is 3.26. The van der Waals surface area contributed by atoms with Gasteiger partial charge in [0.15, 0.2) is 5.96 Å². The van der Waals surface area contributed by atoms with E-state index >= 15 is 0 Å². The molecule has 0 heterocycles. The van der Waals surface area contributed by atoms with Gasteiger partial charge in [-0.2, -0.15) is 0 Å². The molecule has 0 saturated carbocycles. The quantitative estimate of drug-likeness (QED) is 0.289. The lowest BCUT2D eigenvalue weighted by Gasteiger charge is -2.12. The lowest BCUT2D eigenvalue weighted by atomic mass is 10.4. The van der Waals surface area contributed by atoms with E-state index in [0.29, 0.717) is 19.8 Å². The molecule has 0 bridgehead atoms. The van der Waals surface area contributed by atoms with Crippen molar-refractivity contribution < 1.29 is 14.2 Å². The van der Waals surface area contributed by atoms with Gasteiger partial charge in [0.2, 0.25) is 0 Å². The van der Waals surface area contributed by atoms with Gasteiger partial charge in [0.25, 0.3) is 0 Å². The Balaban J connectivity index is 3.31. The number of aliphatic imine (C=N–C) groups is 1. The van der Waals surface area contributed by atoms with Crippen molar-refractivity contribution in [2.45, 2.75) is 33.1 Å². The molecule has 0 aromatic heterocycles. The minimum absolute atomic E-state index is 0.645. The van der Waals surface area contributed by atoms with Gasteiger partial charge in [-0.1, -0.05) is 13.3 Å². The molecule has 6 heteroatoms. The Labute approximate surface area is 129 Å². The second kappa shape index (κ2) is 17.2. The van der Waals surface area contributed by atoms with Crippen LogP contribution in [0, 0.1) is 0 Å². The summed E-state index contributed by atoms with van der Waals surface area (Å²) < 4.78 is 16.2. The van der Waals surface area contributed by atoms with Crippen LogP contribution in [0.15, 0.2) is 4.99 Å². The van der Waals surface area contributed by atoms with Crippen LogP contribution in [-0.2, 0) is 14.2 Å². The molecule has 0 aromatic carbocycles. The van der Waals surface area contributed by atoms with E-state index in [9.17, 15) is 0 Å². The maximum atomic E-state index is 5.48. The van der Waals surface area contributed by atoms with E-state index in [2.05, 4.69) is 22.5 Å². The highest BCUT2D eigenvalue weighted by molar-refractivity contribution is 5.79. The van der Waals surface area contributed by atoms with Gasteiger partial charge in [0.05, 0.1) is 19.8 Å². The molecule has 0 fully saturated rings. The molecule has 126 valence electrons. The fourth-order valence-electron chi connectivity index (χ4n) is 1.56. The molecule has 0 atom stereocenters. The van der Waals surface area contributed by atoms with Gasteiger partial charge < -0.3 is 24.8 Å². The van der Waals surface area contributed by atoms with Gasteiger partial charge in [-0.05, 0) is 19.8 Å². The predicted molar refractivity (Wildman–Crippen MR) is 87.0 cm³/mol. The first-order chi connectivity index (χ1) is 10.3. The second-order valence-electron chi connectivity index (χ2n) is 4.55. The zero-order chi connectivity index (χ0) is 15.6. The average molecular weight is 303 g/mol. The Morgan fingerprint density at radius 3 is 2.14 bits per heavy atom. The molecule has 2 N–H and O–H groups in total. The van der Waals surface area contributed by atoms with E-state index < -0.39 is 0 Å². The molecule has 0 rings (SSSR count). The molecule has 0 aromatic rings. The molecule has 0 aliphatic heterocycles. The minimum Gasteiger partial charge on any atom is -0.382 e. The number of ether oxygens (including phenoxy) is 3. The topological polar surface area (TPSA) is 64.1 Å². The molecule has 0 radical (unpaired) electrons. The average Bonchev–Trinajstić information content (AvgIpc) is 2.51.